The summed E-state index contributed by atoms with van der Waals surface area (Å²) in [4.78, 5) is 4.35. The van der Waals surface area contributed by atoms with Gasteiger partial charge in [-0.1, -0.05) is 0 Å². The van der Waals surface area contributed by atoms with Crippen LogP contribution in [-0.4, -0.2) is 50.0 Å². The van der Waals surface area contributed by atoms with Gasteiger partial charge in [0, 0.05) is 0 Å². The molecule has 6 heteroatoms. The molecule has 0 amide bonds. The van der Waals surface area contributed by atoms with Crippen molar-refractivity contribution in [3.8, 4) is 0 Å². The molecule has 16 heavy (non-hydrogen) atoms. The molecule has 0 aromatic heterocycles. The molecule has 0 heterocycles. The molecule has 0 bridgehead atoms. The molecule has 0 fully saturated rings. The number of halogens is 3. The van der Waals surface area contributed by atoms with Crippen LogP contribution in [0.25, 0.3) is 0 Å². The molecule has 0 aromatic rings. The van der Waals surface area contributed by atoms with Gasteiger partial charge in [0.25, 0.3) is 0 Å². The summed E-state index contributed by atoms with van der Waals surface area (Å²) in [6.45, 7) is 6.70. The molecule has 0 atom stereocenters. The van der Waals surface area contributed by atoms with Crippen LogP contribution in [0.1, 0.15) is 40.5 Å². The van der Waals surface area contributed by atoms with Crippen molar-refractivity contribution < 1.29 is 13.2 Å². The number of rotatable bonds is 3. The molecule has 0 rings (SSSR count). The summed E-state index contributed by atoms with van der Waals surface area (Å²) in [6.07, 6.45) is -2.76. The van der Waals surface area contributed by atoms with E-state index in [4.69, 9.17) is 0 Å². The van der Waals surface area contributed by atoms with E-state index in [9.17, 15) is 13.2 Å². The molecular weight excluding hydrogens is 324 g/mol. The second kappa shape index (κ2) is 6.12. The Hall–Kier alpha value is 0.0587. The number of amidine groups is 1. The normalized spacial score (nSPS) is 14.1. The van der Waals surface area contributed by atoms with Crippen LogP contribution in [0, 0.1) is 0 Å². The van der Waals surface area contributed by atoms with Crippen LogP contribution in [0.3, 0.4) is 0 Å². The van der Waals surface area contributed by atoms with Gasteiger partial charge in [0.1, 0.15) is 0 Å². The van der Waals surface area contributed by atoms with Crippen molar-refractivity contribution in [3.05, 3.63) is 0 Å². The van der Waals surface area contributed by atoms with E-state index >= 15 is 0 Å². The summed E-state index contributed by atoms with van der Waals surface area (Å²) in [6, 6.07) is 0. The van der Waals surface area contributed by atoms with Gasteiger partial charge in [-0.25, -0.2) is 0 Å². The van der Waals surface area contributed by atoms with E-state index in [-0.39, 0.29) is 5.54 Å². The molecule has 0 aliphatic heterocycles. The van der Waals surface area contributed by atoms with Gasteiger partial charge in [-0.15, -0.1) is 0 Å². The van der Waals surface area contributed by atoms with Gasteiger partial charge in [-0.2, -0.15) is 0 Å². The van der Waals surface area contributed by atoms with Crippen LogP contribution >= 0.6 is 0 Å². The van der Waals surface area contributed by atoms with E-state index in [1.807, 2.05) is 27.7 Å². The summed E-state index contributed by atoms with van der Waals surface area (Å²) in [5, 5.41) is 0. The zero-order valence-electron chi connectivity index (χ0n) is 10.1. The van der Waals surface area contributed by atoms with Crippen molar-refractivity contribution in [2.45, 2.75) is 52.3 Å². The fraction of sp³-hybridized carbons (Fsp3) is 0.900. The second-order valence-electron chi connectivity index (χ2n) is 4.65. The number of hydrogen-bond acceptors (Lipinski definition) is 1. The van der Waals surface area contributed by atoms with E-state index in [1.54, 1.807) is 0 Å². The van der Waals surface area contributed by atoms with E-state index in [2.05, 4.69) is 4.99 Å². The Morgan fingerprint density at radius 2 is 1.75 bits per heavy atom. The zero-order valence-corrected chi connectivity index (χ0v) is 13.0. The van der Waals surface area contributed by atoms with Gasteiger partial charge in [0.2, 0.25) is 0 Å². The van der Waals surface area contributed by atoms with Crippen molar-refractivity contribution in [2.75, 3.05) is 6.54 Å². The molecule has 0 saturated heterocycles. The minimum atomic E-state index is -4.16. The van der Waals surface area contributed by atoms with E-state index in [1.165, 1.54) is 3.12 Å². The summed E-state index contributed by atoms with van der Waals surface area (Å²) in [5.41, 5.74) is -0.328. The predicted octanol–water partition coefficient (Wildman–Crippen LogP) is 2.93. The first kappa shape index (κ1) is 16.1. The zero-order chi connectivity index (χ0) is 13.0. The molecule has 93 valence electrons. The molecule has 0 N–H and O–H groups in total. The predicted molar refractivity (Wildman–Crippen MR) is 60.6 cm³/mol. The first-order chi connectivity index (χ1) is 7.05. The molecule has 0 aromatic carbocycles. The van der Waals surface area contributed by atoms with E-state index < -0.39 is 12.7 Å². The molecule has 0 saturated carbocycles. The Morgan fingerprint density at radius 1 is 1.25 bits per heavy atom. The Morgan fingerprint density at radius 3 is 2.06 bits per heavy atom. The number of alkyl halides is 3. The van der Waals surface area contributed by atoms with Crippen LogP contribution < -0.4 is 0 Å². The van der Waals surface area contributed by atoms with Gasteiger partial charge in [-0.05, 0) is 0 Å². The van der Waals surface area contributed by atoms with Crippen LogP contribution in [0.15, 0.2) is 4.99 Å². The molecule has 0 aliphatic rings. The number of hydrogen-bond donors (Lipinski definition) is 0. The summed E-state index contributed by atoms with van der Waals surface area (Å²) < 4.78 is 38.1. The first-order valence-electron chi connectivity index (χ1n) is 5.19. The third-order valence-electron chi connectivity index (χ3n) is 1.59. The minimum absolute atomic E-state index is 0.328. The quantitative estimate of drug-likeness (QED) is 0.438. The Kier molecular flexibility index (Phi) is 6.14. The fourth-order valence-corrected chi connectivity index (χ4v) is 2.11. The van der Waals surface area contributed by atoms with Crippen LogP contribution in [0.5, 0.6) is 0 Å². The summed E-state index contributed by atoms with van der Waals surface area (Å²) in [7, 11) is 0. The molecule has 0 spiro atoms. The molecular formula is C10H18F3N2Sn. The van der Waals surface area contributed by atoms with Crippen LogP contribution in [0.4, 0.5) is 13.2 Å². The summed E-state index contributed by atoms with van der Waals surface area (Å²) in [5.74, 6) is 0.561. The van der Waals surface area contributed by atoms with Crippen molar-refractivity contribution >= 4 is 28.6 Å². The van der Waals surface area contributed by atoms with Gasteiger partial charge in [0.15, 0.2) is 0 Å². The van der Waals surface area contributed by atoms with Crippen molar-refractivity contribution in [2.24, 2.45) is 4.99 Å². The number of aliphatic imine (C=N–C) groups is 1. The Labute approximate surface area is 109 Å². The molecule has 3 radical (unpaired) electrons. The Balaban J connectivity index is 4.72. The fourth-order valence-electron chi connectivity index (χ4n) is 1.13. The van der Waals surface area contributed by atoms with Gasteiger partial charge >= 0.3 is 109 Å². The van der Waals surface area contributed by atoms with Gasteiger partial charge < -0.3 is 0 Å². The van der Waals surface area contributed by atoms with Gasteiger partial charge in [0.05, 0.1) is 0 Å². The standard InChI is InChI=1S/C10H18F3N2.Sn/c1-5-6-8(15-9(2,3)4)14-7-10(11,12)13;/h5-7H2,1-4H3;/q-1;+1. The van der Waals surface area contributed by atoms with Crippen LogP contribution in [0.2, 0.25) is 0 Å². The first-order valence-corrected chi connectivity index (χ1v) is 6.47. The topological polar surface area (TPSA) is 15.6 Å². The average molecular weight is 342 g/mol. The van der Waals surface area contributed by atoms with Gasteiger partial charge in [-0.3, -0.25) is 0 Å². The molecule has 2 nitrogen and oxygen atoms in total. The van der Waals surface area contributed by atoms with E-state index in [0.29, 0.717) is 12.3 Å². The maximum atomic E-state index is 12.3. The molecule has 0 aliphatic carbocycles. The van der Waals surface area contributed by atoms with Crippen molar-refractivity contribution in [3.63, 3.8) is 0 Å². The Bertz CT molecular complexity index is 243. The average Bonchev–Trinajstić information content (AvgIpc) is 1.97. The van der Waals surface area contributed by atoms with Crippen molar-refractivity contribution in [1.82, 2.24) is 3.12 Å². The third-order valence-corrected chi connectivity index (χ3v) is 2.77. The monoisotopic (exact) mass is 343 g/mol. The third kappa shape index (κ3) is 8.24. The second-order valence-corrected chi connectivity index (χ2v) is 6.19. The van der Waals surface area contributed by atoms with E-state index in [0.717, 1.165) is 29.2 Å². The summed E-state index contributed by atoms with van der Waals surface area (Å²) >= 11 is 0.729. The maximum absolute atomic E-state index is 12.3. The molecule has 0 unspecified atom stereocenters. The number of nitrogens with zero attached hydrogens (tertiary/aromatic N) is 2. The SMILES string of the molecule is CCCC(=NC(C)(C)C)[N]([Sn])CC(F)(F)F. The van der Waals surface area contributed by atoms with Crippen LogP contribution in [-0.2, 0) is 0 Å². The van der Waals surface area contributed by atoms with Crippen molar-refractivity contribution in [1.29, 1.82) is 0 Å².